The fraction of sp³-hybridized carbons (Fsp3) is 0.154. The Hall–Kier alpha value is -2.08. The number of benzene rings is 1. The second-order valence-corrected chi connectivity index (χ2v) is 4.68. The number of H-pyrrole nitrogens is 1. The first kappa shape index (κ1) is 13.4. The van der Waals surface area contributed by atoms with Crippen molar-refractivity contribution in [2.24, 2.45) is 0 Å². The van der Waals surface area contributed by atoms with Crippen LogP contribution >= 0.6 is 11.8 Å². The number of anilines is 1. The van der Waals surface area contributed by atoms with Gasteiger partial charge in [0.05, 0.1) is 0 Å². The number of nitrogens with zero attached hydrogens (tertiary/aromatic N) is 2. The average molecular weight is 274 g/mol. The highest BCUT2D eigenvalue weighted by Gasteiger charge is 2.03. The van der Waals surface area contributed by atoms with Gasteiger partial charge >= 0.3 is 0 Å². The lowest BCUT2D eigenvalue weighted by Crippen LogP contribution is -2.09. The van der Waals surface area contributed by atoms with Gasteiger partial charge in [0, 0.05) is 6.08 Å². The predicted molar refractivity (Wildman–Crippen MR) is 77.0 cm³/mol. The van der Waals surface area contributed by atoms with Crippen LogP contribution in [0.4, 0.5) is 5.95 Å². The molecule has 0 bridgehead atoms. The number of hydrogen-bond donors (Lipinski definition) is 2. The summed E-state index contributed by atoms with van der Waals surface area (Å²) >= 11 is 1.41. The number of rotatable bonds is 4. The number of aryl methyl sites for hydroxylation is 1. The SMILES string of the molecule is CSc1n[nH]c(NC(=O)/C=C\c2cccc(C)c2)n1. The Balaban J connectivity index is 1.97. The molecule has 6 heteroatoms. The second kappa shape index (κ2) is 6.19. The van der Waals surface area contributed by atoms with E-state index in [2.05, 4.69) is 20.5 Å². The molecule has 1 amide bonds. The molecule has 1 heterocycles. The summed E-state index contributed by atoms with van der Waals surface area (Å²) in [6.07, 6.45) is 5.09. The van der Waals surface area contributed by atoms with Crippen LogP contribution in [0, 0.1) is 6.92 Å². The lowest BCUT2D eigenvalue weighted by molar-refractivity contribution is -0.111. The normalized spacial score (nSPS) is 10.8. The summed E-state index contributed by atoms with van der Waals surface area (Å²) in [4.78, 5) is 15.7. The third-order valence-electron chi connectivity index (χ3n) is 2.36. The standard InChI is InChI=1S/C13H14N4OS/c1-9-4-3-5-10(8-9)6-7-11(18)14-12-15-13(19-2)17-16-12/h3-8H,1-2H3,(H2,14,15,16,17,18)/b7-6-. The molecular weight excluding hydrogens is 260 g/mol. The van der Waals surface area contributed by atoms with Gasteiger partial charge in [-0.05, 0) is 24.8 Å². The predicted octanol–water partition coefficient (Wildman–Crippen LogP) is 2.49. The van der Waals surface area contributed by atoms with Crippen molar-refractivity contribution in [3.05, 3.63) is 41.5 Å². The van der Waals surface area contributed by atoms with Crippen LogP contribution < -0.4 is 5.32 Å². The van der Waals surface area contributed by atoms with E-state index in [4.69, 9.17) is 0 Å². The molecule has 0 spiro atoms. The maximum Gasteiger partial charge on any atom is 0.250 e. The summed E-state index contributed by atoms with van der Waals surface area (Å²) < 4.78 is 0. The van der Waals surface area contributed by atoms with Crippen molar-refractivity contribution in [2.75, 3.05) is 11.6 Å². The average Bonchev–Trinajstić information content (AvgIpc) is 2.84. The first-order chi connectivity index (χ1) is 9.17. The second-order valence-electron chi connectivity index (χ2n) is 3.91. The fourth-order valence-corrected chi connectivity index (χ4v) is 1.82. The van der Waals surface area contributed by atoms with Crippen molar-refractivity contribution in [3.8, 4) is 0 Å². The van der Waals surface area contributed by atoms with Crippen LogP contribution in [-0.4, -0.2) is 27.3 Å². The van der Waals surface area contributed by atoms with Crippen molar-refractivity contribution in [3.63, 3.8) is 0 Å². The Morgan fingerprint density at radius 2 is 2.32 bits per heavy atom. The summed E-state index contributed by atoms with van der Waals surface area (Å²) in [7, 11) is 0. The van der Waals surface area contributed by atoms with Crippen molar-refractivity contribution < 1.29 is 4.79 Å². The van der Waals surface area contributed by atoms with Gasteiger partial charge in [0.25, 0.3) is 5.91 Å². The van der Waals surface area contributed by atoms with E-state index in [1.807, 2.05) is 37.4 Å². The zero-order valence-corrected chi connectivity index (χ0v) is 11.5. The van der Waals surface area contributed by atoms with E-state index in [0.29, 0.717) is 11.1 Å². The Morgan fingerprint density at radius 1 is 1.47 bits per heavy atom. The molecule has 0 atom stereocenters. The van der Waals surface area contributed by atoms with E-state index < -0.39 is 0 Å². The van der Waals surface area contributed by atoms with E-state index >= 15 is 0 Å². The minimum atomic E-state index is -0.245. The molecule has 0 radical (unpaired) electrons. The Labute approximate surface area is 115 Å². The number of carbonyl (C=O) groups excluding carboxylic acids is 1. The molecule has 98 valence electrons. The lowest BCUT2D eigenvalue weighted by Gasteiger charge is -1.97. The molecule has 2 aromatic rings. The Morgan fingerprint density at radius 3 is 3.00 bits per heavy atom. The first-order valence-corrected chi connectivity index (χ1v) is 6.92. The van der Waals surface area contributed by atoms with Crippen molar-refractivity contribution in [1.82, 2.24) is 15.2 Å². The van der Waals surface area contributed by atoms with Crippen molar-refractivity contribution in [2.45, 2.75) is 12.1 Å². The maximum absolute atomic E-state index is 11.7. The van der Waals surface area contributed by atoms with Crippen LogP contribution in [0.5, 0.6) is 0 Å². The molecule has 2 rings (SSSR count). The molecule has 2 N–H and O–H groups in total. The molecule has 19 heavy (non-hydrogen) atoms. The number of aromatic amines is 1. The quantitative estimate of drug-likeness (QED) is 0.664. The third-order valence-corrected chi connectivity index (χ3v) is 2.91. The summed E-state index contributed by atoms with van der Waals surface area (Å²) in [5.41, 5.74) is 2.14. The number of thioether (sulfide) groups is 1. The van der Waals surface area contributed by atoms with Crippen LogP contribution in [0.25, 0.3) is 6.08 Å². The van der Waals surface area contributed by atoms with Gasteiger partial charge in [0.15, 0.2) is 0 Å². The fourth-order valence-electron chi connectivity index (χ4n) is 1.50. The van der Waals surface area contributed by atoms with Gasteiger partial charge in [-0.15, -0.1) is 5.10 Å². The number of nitrogens with one attached hydrogen (secondary N) is 2. The van der Waals surface area contributed by atoms with E-state index in [-0.39, 0.29) is 5.91 Å². The zero-order valence-electron chi connectivity index (χ0n) is 10.7. The zero-order chi connectivity index (χ0) is 13.7. The van der Waals surface area contributed by atoms with Crippen LogP contribution in [0.1, 0.15) is 11.1 Å². The van der Waals surface area contributed by atoms with E-state index in [1.165, 1.54) is 17.8 Å². The topological polar surface area (TPSA) is 70.7 Å². The van der Waals surface area contributed by atoms with E-state index in [0.717, 1.165) is 11.1 Å². The number of carbonyl (C=O) groups is 1. The Kier molecular flexibility index (Phi) is 4.35. The summed E-state index contributed by atoms with van der Waals surface area (Å²) in [6, 6.07) is 7.91. The monoisotopic (exact) mass is 274 g/mol. The van der Waals surface area contributed by atoms with Crippen LogP contribution in [-0.2, 0) is 4.79 Å². The molecule has 0 aliphatic rings. The molecule has 5 nitrogen and oxygen atoms in total. The first-order valence-electron chi connectivity index (χ1n) is 5.69. The highest BCUT2D eigenvalue weighted by Crippen LogP contribution is 2.10. The Bertz CT molecular complexity index is 606. The molecule has 0 saturated heterocycles. The van der Waals surface area contributed by atoms with Crippen LogP contribution in [0.3, 0.4) is 0 Å². The van der Waals surface area contributed by atoms with Gasteiger partial charge in [-0.25, -0.2) is 5.10 Å². The summed E-state index contributed by atoms with van der Waals surface area (Å²) in [6.45, 7) is 2.01. The van der Waals surface area contributed by atoms with E-state index in [1.54, 1.807) is 6.08 Å². The minimum absolute atomic E-state index is 0.245. The van der Waals surface area contributed by atoms with Gasteiger partial charge in [0.1, 0.15) is 0 Å². The van der Waals surface area contributed by atoms with Crippen molar-refractivity contribution in [1.29, 1.82) is 0 Å². The van der Waals surface area contributed by atoms with Gasteiger partial charge < -0.3 is 0 Å². The molecule has 0 unspecified atom stereocenters. The molecule has 0 aliphatic heterocycles. The largest absolute Gasteiger partial charge is 0.291 e. The summed E-state index contributed by atoms with van der Waals surface area (Å²) in [5, 5.41) is 9.76. The molecule has 0 aliphatic carbocycles. The number of hydrogen-bond acceptors (Lipinski definition) is 4. The lowest BCUT2D eigenvalue weighted by atomic mass is 10.1. The van der Waals surface area contributed by atoms with Gasteiger partial charge in [-0.3, -0.25) is 10.1 Å². The number of amides is 1. The minimum Gasteiger partial charge on any atom is -0.291 e. The molecule has 0 saturated carbocycles. The van der Waals surface area contributed by atoms with Crippen molar-refractivity contribution >= 4 is 29.7 Å². The highest BCUT2D eigenvalue weighted by atomic mass is 32.2. The molecule has 0 fully saturated rings. The van der Waals surface area contributed by atoms with E-state index in [9.17, 15) is 4.79 Å². The number of aromatic nitrogens is 3. The van der Waals surface area contributed by atoms with Gasteiger partial charge in [-0.2, -0.15) is 4.98 Å². The van der Waals surface area contributed by atoms with Gasteiger partial charge in [-0.1, -0.05) is 41.6 Å². The summed E-state index contributed by atoms with van der Waals surface area (Å²) in [5.74, 6) is 0.105. The highest BCUT2D eigenvalue weighted by molar-refractivity contribution is 7.98. The molecule has 1 aromatic heterocycles. The third kappa shape index (κ3) is 3.96. The van der Waals surface area contributed by atoms with Crippen LogP contribution in [0.2, 0.25) is 0 Å². The molecular formula is C13H14N4OS. The maximum atomic E-state index is 11.7. The van der Waals surface area contributed by atoms with Gasteiger partial charge in [0.2, 0.25) is 11.1 Å². The molecule has 1 aromatic carbocycles. The smallest absolute Gasteiger partial charge is 0.250 e. The van der Waals surface area contributed by atoms with Crippen LogP contribution in [0.15, 0.2) is 35.5 Å².